The van der Waals surface area contributed by atoms with Gasteiger partial charge in [-0.15, -0.1) is 0 Å². The predicted molar refractivity (Wildman–Crippen MR) is 104 cm³/mol. The molecule has 3 nitrogen and oxygen atoms in total. The molecule has 3 rings (SSSR count). The monoisotopic (exact) mass is 402 g/mol. The van der Waals surface area contributed by atoms with Gasteiger partial charge in [0.1, 0.15) is 12.4 Å². The van der Waals surface area contributed by atoms with E-state index in [1.165, 1.54) is 6.42 Å². The van der Waals surface area contributed by atoms with Crippen LogP contribution in [0.5, 0.6) is 5.75 Å². The summed E-state index contributed by atoms with van der Waals surface area (Å²) >= 11 is 3.57. The highest BCUT2D eigenvalue weighted by molar-refractivity contribution is 9.10. The van der Waals surface area contributed by atoms with Gasteiger partial charge < -0.3 is 14.2 Å². The van der Waals surface area contributed by atoms with Gasteiger partial charge >= 0.3 is 0 Å². The average molecular weight is 403 g/mol. The van der Waals surface area contributed by atoms with E-state index in [4.69, 9.17) is 14.2 Å². The zero-order valence-corrected chi connectivity index (χ0v) is 15.8. The average Bonchev–Trinajstić information content (AvgIpc) is 2.66. The molecule has 0 aromatic heterocycles. The molecule has 0 spiro atoms. The largest absolute Gasteiger partial charge is 0.491 e. The van der Waals surface area contributed by atoms with Crippen LogP contribution in [0.15, 0.2) is 59.6 Å². The summed E-state index contributed by atoms with van der Waals surface area (Å²) in [4.78, 5) is 0. The van der Waals surface area contributed by atoms with Crippen LogP contribution in [0, 0.1) is 0 Å². The van der Waals surface area contributed by atoms with Crippen LogP contribution in [-0.4, -0.2) is 26.1 Å². The molecule has 0 bridgehead atoms. The topological polar surface area (TPSA) is 27.7 Å². The van der Waals surface area contributed by atoms with Gasteiger partial charge in [-0.3, -0.25) is 0 Å². The quantitative estimate of drug-likeness (QED) is 0.577. The SMILES string of the molecule is C=C(c1ccc(OCCOC2CCCCO2)cc1)c1ccccc1Br. The van der Waals surface area contributed by atoms with Gasteiger partial charge in [0.05, 0.1) is 6.61 Å². The van der Waals surface area contributed by atoms with Crippen LogP contribution >= 0.6 is 15.9 Å². The maximum Gasteiger partial charge on any atom is 0.157 e. The van der Waals surface area contributed by atoms with Gasteiger partial charge in [-0.25, -0.2) is 0 Å². The minimum absolute atomic E-state index is 0.0626. The van der Waals surface area contributed by atoms with E-state index in [1.54, 1.807) is 0 Å². The molecule has 1 heterocycles. The lowest BCUT2D eigenvalue weighted by Crippen LogP contribution is -2.24. The third-order valence-electron chi connectivity index (χ3n) is 4.20. The molecular weight excluding hydrogens is 380 g/mol. The Labute approximate surface area is 157 Å². The minimum Gasteiger partial charge on any atom is -0.491 e. The summed E-state index contributed by atoms with van der Waals surface area (Å²) in [5.41, 5.74) is 3.15. The summed E-state index contributed by atoms with van der Waals surface area (Å²) in [6.07, 6.45) is 3.22. The molecule has 0 aliphatic carbocycles. The van der Waals surface area contributed by atoms with Crippen LogP contribution in [0.2, 0.25) is 0 Å². The van der Waals surface area contributed by atoms with Crippen molar-refractivity contribution in [1.29, 1.82) is 0 Å². The summed E-state index contributed by atoms with van der Waals surface area (Å²) in [6.45, 7) is 6.06. The van der Waals surface area contributed by atoms with E-state index in [0.29, 0.717) is 13.2 Å². The van der Waals surface area contributed by atoms with Crippen LogP contribution in [0.3, 0.4) is 0 Å². The molecule has 132 valence electrons. The van der Waals surface area contributed by atoms with Crippen molar-refractivity contribution in [3.63, 3.8) is 0 Å². The maximum absolute atomic E-state index is 5.74. The molecule has 0 amide bonds. The van der Waals surface area contributed by atoms with Gasteiger partial charge in [0.2, 0.25) is 0 Å². The standard InChI is InChI=1S/C21H23BrO3/c1-16(19-6-2-3-7-20(19)22)17-9-11-18(12-10-17)23-14-15-25-21-8-4-5-13-24-21/h2-3,6-7,9-12,21H,1,4-5,8,13-15H2. The highest BCUT2D eigenvalue weighted by atomic mass is 79.9. The number of ether oxygens (including phenoxy) is 3. The molecular formula is C21H23BrO3. The van der Waals surface area contributed by atoms with Crippen LogP contribution in [-0.2, 0) is 9.47 Å². The summed E-state index contributed by atoms with van der Waals surface area (Å²) in [5, 5.41) is 0. The summed E-state index contributed by atoms with van der Waals surface area (Å²) < 4.78 is 18.0. The van der Waals surface area contributed by atoms with Crippen molar-refractivity contribution in [2.24, 2.45) is 0 Å². The lowest BCUT2D eigenvalue weighted by atomic mass is 10.00. The zero-order chi connectivity index (χ0) is 17.5. The Morgan fingerprint density at radius 1 is 1.08 bits per heavy atom. The highest BCUT2D eigenvalue weighted by Gasteiger charge is 2.13. The summed E-state index contributed by atoms with van der Waals surface area (Å²) in [7, 11) is 0. The van der Waals surface area contributed by atoms with E-state index in [1.807, 2.05) is 42.5 Å². The lowest BCUT2D eigenvalue weighted by Gasteiger charge is -2.22. The van der Waals surface area contributed by atoms with Crippen molar-refractivity contribution in [1.82, 2.24) is 0 Å². The molecule has 1 fully saturated rings. The Morgan fingerprint density at radius 2 is 1.88 bits per heavy atom. The van der Waals surface area contributed by atoms with E-state index < -0.39 is 0 Å². The molecule has 1 saturated heterocycles. The fourth-order valence-corrected chi connectivity index (χ4v) is 3.32. The Kier molecular flexibility index (Phi) is 6.68. The number of benzene rings is 2. The Morgan fingerprint density at radius 3 is 2.60 bits per heavy atom. The van der Waals surface area contributed by atoms with Crippen LogP contribution in [0.4, 0.5) is 0 Å². The van der Waals surface area contributed by atoms with Crippen LogP contribution < -0.4 is 4.74 Å². The number of hydrogen-bond acceptors (Lipinski definition) is 3. The minimum atomic E-state index is -0.0626. The molecule has 2 aromatic rings. The van der Waals surface area contributed by atoms with E-state index in [-0.39, 0.29) is 6.29 Å². The van der Waals surface area contributed by atoms with Gasteiger partial charge in [0, 0.05) is 11.1 Å². The fraction of sp³-hybridized carbons (Fsp3) is 0.333. The molecule has 25 heavy (non-hydrogen) atoms. The first-order chi connectivity index (χ1) is 12.2. The van der Waals surface area contributed by atoms with Crippen molar-refractivity contribution in [3.8, 4) is 5.75 Å². The summed E-state index contributed by atoms with van der Waals surface area (Å²) in [6, 6.07) is 16.1. The second-order valence-corrected chi connectivity index (χ2v) is 6.85. The molecule has 4 heteroatoms. The highest BCUT2D eigenvalue weighted by Crippen LogP contribution is 2.29. The first kappa shape index (κ1) is 18.2. The Balaban J connectivity index is 1.48. The van der Waals surface area contributed by atoms with Crippen LogP contribution in [0.1, 0.15) is 30.4 Å². The zero-order valence-electron chi connectivity index (χ0n) is 14.2. The van der Waals surface area contributed by atoms with E-state index in [9.17, 15) is 0 Å². The van der Waals surface area contributed by atoms with E-state index in [0.717, 1.165) is 46.4 Å². The first-order valence-electron chi connectivity index (χ1n) is 8.64. The van der Waals surface area contributed by atoms with Gasteiger partial charge in [-0.05, 0) is 54.2 Å². The number of halogens is 1. The number of rotatable bonds is 7. The van der Waals surface area contributed by atoms with E-state index in [2.05, 4.69) is 28.6 Å². The van der Waals surface area contributed by atoms with Crippen molar-refractivity contribution >= 4 is 21.5 Å². The third-order valence-corrected chi connectivity index (χ3v) is 4.89. The molecule has 0 radical (unpaired) electrons. The summed E-state index contributed by atoms with van der Waals surface area (Å²) in [5.74, 6) is 0.830. The van der Waals surface area contributed by atoms with E-state index >= 15 is 0 Å². The fourth-order valence-electron chi connectivity index (χ4n) is 2.80. The molecule has 0 N–H and O–H groups in total. The normalized spacial score (nSPS) is 17.2. The molecule has 1 atom stereocenters. The first-order valence-corrected chi connectivity index (χ1v) is 9.43. The van der Waals surface area contributed by atoms with Gasteiger partial charge in [0.25, 0.3) is 0 Å². The van der Waals surface area contributed by atoms with Crippen molar-refractivity contribution in [2.45, 2.75) is 25.6 Å². The van der Waals surface area contributed by atoms with Gasteiger partial charge in [0.15, 0.2) is 6.29 Å². The Hall–Kier alpha value is -1.62. The van der Waals surface area contributed by atoms with Gasteiger partial charge in [-0.1, -0.05) is 52.8 Å². The maximum atomic E-state index is 5.74. The van der Waals surface area contributed by atoms with Crippen molar-refractivity contribution < 1.29 is 14.2 Å². The van der Waals surface area contributed by atoms with Crippen molar-refractivity contribution in [2.75, 3.05) is 19.8 Å². The molecule has 1 aliphatic rings. The second-order valence-electron chi connectivity index (χ2n) is 6.00. The smallest absolute Gasteiger partial charge is 0.157 e. The van der Waals surface area contributed by atoms with Crippen molar-refractivity contribution in [3.05, 3.63) is 70.7 Å². The molecule has 2 aromatic carbocycles. The number of hydrogen-bond donors (Lipinski definition) is 0. The van der Waals surface area contributed by atoms with Gasteiger partial charge in [-0.2, -0.15) is 0 Å². The van der Waals surface area contributed by atoms with Crippen LogP contribution in [0.25, 0.3) is 5.57 Å². The molecule has 1 aliphatic heterocycles. The second kappa shape index (κ2) is 9.18. The third kappa shape index (κ3) is 5.18. The molecule has 0 saturated carbocycles. The lowest BCUT2D eigenvalue weighted by molar-refractivity contribution is -0.165. The Bertz CT molecular complexity index is 691. The molecule has 1 unspecified atom stereocenters. The predicted octanol–water partition coefficient (Wildman–Crippen LogP) is 5.43.